The van der Waals surface area contributed by atoms with Crippen molar-refractivity contribution in [1.29, 1.82) is 0 Å². The number of benzene rings is 2. The molecule has 4 aliphatic carbocycles. The normalized spacial score (nSPS) is 45.4. The Hall–Kier alpha value is -2.14. The number of rotatable bonds is 2. The highest BCUT2D eigenvalue weighted by Gasteiger charge is 2.54. The van der Waals surface area contributed by atoms with Crippen molar-refractivity contribution in [2.75, 3.05) is 0 Å². The van der Waals surface area contributed by atoms with Gasteiger partial charge in [0, 0.05) is 0 Å². The molecule has 0 aromatic heterocycles. The molecule has 4 saturated carbocycles. The molecule has 8 heteroatoms. The molecule has 2 aromatic rings. The maximum Gasteiger partial charge on any atom is 0.0628 e. The molecule has 5 aliphatic heterocycles. The molecule has 5 saturated heterocycles. The van der Waals surface area contributed by atoms with E-state index < -0.39 is 0 Å². The Labute approximate surface area is 325 Å². The molecule has 11 rings (SSSR count). The standard InChI is InChI=1S/C32H56N8.C14H12/c1-2-10-18-17(9-1)25-33-26(18)38-28-21-13-5-6-14-22(21)30(35-28)40-32-24-16-8-7-15-23(24)31(36-32)39-29-20-12-4-3-11-19(20)27(34-29)37-25;1-3-7-13(8-4-1)11-12-14-9-5-2-6-10-14/h17-40H,1-16H2;1-12H/b;12-11+. The first-order valence-electron chi connectivity index (χ1n) is 22.6. The molecular weight excluding hydrogens is 665 g/mol. The Bertz CT molecular complexity index is 1290. The summed E-state index contributed by atoms with van der Waals surface area (Å²) in [6, 6.07) is 20.6. The summed E-state index contributed by atoms with van der Waals surface area (Å²) < 4.78 is 0. The van der Waals surface area contributed by atoms with Crippen molar-refractivity contribution < 1.29 is 0 Å². The van der Waals surface area contributed by atoms with E-state index in [1.807, 2.05) is 36.4 Å². The first-order chi connectivity index (χ1) is 26.7. The minimum Gasteiger partial charge on any atom is -0.286 e. The summed E-state index contributed by atoms with van der Waals surface area (Å²) >= 11 is 0. The highest BCUT2D eigenvalue weighted by atomic mass is 15.4. The molecule has 292 valence electrons. The molecule has 9 fully saturated rings. The van der Waals surface area contributed by atoms with Gasteiger partial charge in [0.05, 0.1) is 49.3 Å². The third-order valence-corrected chi connectivity index (χ3v) is 15.9. The van der Waals surface area contributed by atoms with Crippen molar-refractivity contribution in [2.45, 2.75) is 152 Å². The molecule has 5 heterocycles. The monoisotopic (exact) mass is 733 g/mol. The van der Waals surface area contributed by atoms with Crippen molar-refractivity contribution in [3.63, 3.8) is 0 Å². The van der Waals surface area contributed by atoms with Gasteiger partial charge in [-0.05, 0) is 110 Å². The molecule has 0 spiro atoms. The predicted octanol–water partition coefficient (Wildman–Crippen LogP) is 6.46. The van der Waals surface area contributed by atoms with E-state index in [4.69, 9.17) is 0 Å². The number of fused-ring (bicyclic) bond motifs is 20. The van der Waals surface area contributed by atoms with Gasteiger partial charge in [-0.25, -0.2) is 0 Å². The van der Waals surface area contributed by atoms with Gasteiger partial charge in [0.15, 0.2) is 0 Å². The average Bonchev–Trinajstić information content (AvgIpc) is 3.97. The summed E-state index contributed by atoms with van der Waals surface area (Å²) in [6.45, 7) is 0. The van der Waals surface area contributed by atoms with Crippen molar-refractivity contribution in [1.82, 2.24) is 42.5 Å². The SMILES string of the molecule is C(=C\c1ccccc1)/c1ccccc1.C1CCC2C3NC(NC4NC(NC5NC(NC6NC(N3)C3CCCCC63)C3CCCCC53)C3CCCCC43)C2C1. The van der Waals surface area contributed by atoms with Crippen LogP contribution in [0.4, 0.5) is 0 Å². The molecule has 8 atom stereocenters. The Morgan fingerprint density at radius 3 is 0.648 bits per heavy atom. The van der Waals surface area contributed by atoms with Gasteiger partial charge >= 0.3 is 0 Å². The molecule has 0 amide bonds. The molecule has 8 unspecified atom stereocenters. The van der Waals surface area contributed by atoms with E-state index in [-0.39, 0.29) is 0 Å². The topological polar surface area (TPSA) is 96.2 Å². The van der Waals surface area contributed by atoms with Crippen LogP contribution in [0.1, 0.15) is 114 Å². The Balaban J connectivity index is 0.000000218. The van der Waals surface area contributed by atoms with Crippen LogP contribution in [-0.4, -0.2) is 49.3 Å². The van der Waals surface area contributed by atoms with Crippen LogP contribution < -0.4 is 42.5 Å². The predicted molar refractivity (Wildman–Crippen MR) is 219 cm³/mol. The number of hydrogen-bond donors (Lipinski definition) is 8. The molecule has 8 N–H and O–H groups in total. The van der Waals surface area contributed by atoms with Crippen LogP contribution >= 0.6 is 0 Å². The van der Waals surface area contributed by atoms with Crippen molar-refractivity contribution in [3.8, 4) is 0 Å². The quantitative estimate of drug-likeness (QED) is 0.167. The van der Waals surface area contributed by atoms with E-state index in [1.54, 1.807) is 0 Å². The lowest BCUT2D eigenvalue weighted by Gasteiger charge is -2.35. The fourth-order valence-corrected chi connectivity index (χ4v) is 13.3. The molecule has 9 aliphatic rings. The smallest absolute Gasteiger partial charge is 0.0628 e. The van der Waals surface area contributed by atoms with Crippen LogP contribution in [0.5, 0.6) is 0 Å². The van der Waals surface area contributed by atoms with Gasteiger partial charge in [-0.2, -0.15) is 0 Å². The summed E-state index contributed by atoms with van der Waals surface area (Å²) in [5.74, 6) is 5.97. The Morgan fingerprint density at radius 1 is 0.278 bits per heavy atom. The fourth-order valence-electron chi connectivity index (χ4n) is 13.3. The van der Waals surface area contributed by atoms with Crippen LogP contribution in [0.15, 0.2) is 60.7 Å². The average molecular weight is 733 g/mol. The minimum absolute atomic E-state index is 0.420. The van der Waals surface area contributed by atoms with Crippen LogP contribution in [0.25, 0.3) is 12.2 Å². The molecule has 0 radical (unpaired) electrons. The zero-order valence-electron chi connectivity index (χ0n) is 32.5. The molecule has 2 aromatic carbocycles. The summed E-state index contributed by atoms with van der Waals surface area (Å²) in [4.78, 5) is 0. The highest BCUT2D eigenvalue weighted by molar-refractivity contribution is 5.69. The minimum atomic E-state index is 0.420. The van der Waals surface area contributed by atoms with Gasteiger partial charge in [0.2, 0.25) is 0 Å². The van der Waals surface area contributed by atoms with Gasteiger partial charge in [0.1, 0.15) is 0 Å². The summed E-state index contributed by atoms with van der Waals surface area (Å²) in [5, 5.41) is 33.8. The third kappa shape index (κ3) is 7.40. The van der Waals surface area contributed by atoms with Crippen molar-refractivity contribution in [2.24, 2.45) is 47.3 Å². The van der Waals surface area contributed by atoms with E-state index in [9.17, 15) is 0 Å². The summed E-state index contributed by atoms with van der Waals surface area (Å²) in [5.41, 5.74) is 2.47. The first-order valence-corrected chi connectivity index (χ1v) is 22.6. The first kappa shape index (κ1) is 36.2. The zero-order chi connectivity index (χ0) is 35.8. The summed E-state index contributed by atoms with van der Waals surface area (Å²) in [7, 11) is 0. The lowest BCUT2D eigenvalue weighted by atomic mass is 9.76. The van der Waals surface area contributed by atoms with E-state index in [0.29, 0.717) is 49.3 Å². The molecular formula is C46H68N8. The van der Waals surface area contributed by atoms with Gasteiger partial charge in [-0.15, -0.1) is 0 Å². The Morgan fingerprint density at radius 2 is 0.463 bits per heavy atom. The number of nitrogens with one attached hydrogen (secondary N) is 8. The zero-order valence-corrected chi connectivity index (χ0v) is 32.5. The Kier molecular flexibility index (Phi) is 11.0. The second-order valence-electron chi connectivity index (χ2n) is 18.8. The lowest BCUT2D eigenvalue weighted by molar-refractivity contribution is 0.167. The van der Waals surface area contributed by atoms with Gasteiger partial charge in [0.25, 0.3) is 0 Å². The van der Waals surface area contributed by atoms with E-state index in [0.717, 1.165) is 47.3 Å². The maximum absolute atomic E-state index is 4.26. The van der Waals surface area contributed by atoms with E-state index in [2.05, 4.69) is 79.0 Å². The van der Waals surface area contributed by atoms with Crippen LogP contribution in [-0.2, 0) is 0 Å². The van der Waals surface area contributed by atoms with Crippen molar-refractivity contribution >= 4 is 12.2 Å². The summed E-state index contributed by atoms with van der Waals surface area (Å²) in [6.07, 6.45) is 29.8. The van der Waals surface area contributed by atoms with Gasteiger partial charge in [-0.1, -0.05) is 124 Å². The molecule has 8 bridgehead atoms. The van der Waals surface area contributed by atoms with Crippen LogP contribution in [0.2, 0.25) is 0 Å². The van der Waals surface area contributed by atoms with Crippen LogP contribution in [0, 0.1) is 47.3 Å². The van der Waals surface area contributed by atoms with E-state index >= 15 is 0 Å². The van der Waals surface area contributed by atoms with Crippen molar-refractivity contribution in [3.05, 3.63) is 71.8 Å². The third-order valence-electron chi connectivity index (χ3n) is 15.9. The van der Waals surface area contributed by atoms with Gasteiger partial charge < -0.3 is 0 Å². The fraction of sp³-hybridized carbons (Fsp3) is 0.696. The molecule has 8 nitrogen and oxygen atoms in total. The second kappa shape index (κ2) is 16.4. The molecule has 54 heavy (non-hydrogen) atoms. The van der Waals surface area contributed by atoms with Gasteiger partial charge in [-0.3, -0.25) is 42.5 Å². The lowest BCUT2D eigenvalue weighted by Crippen LogP contribution is -2.61. The number of hydrogen-bond acceptors (Lipinski definition) is 8. The largest absolute Gasteiger partial charge is 0.286 e. The second-order valence-corrected chi connectivity index (χ2v) is 18.8. The highest BCUT2D eigenvalue weighted by Crippen LogP contribution is 2.45. The van der Waals surface area contributed by atoms with Crippen LogP contribution in [0.3, 0.4) is 0 Å². The van der Waals surface area contributed by atoms with E-state index in [1.165, 1.54) is 114 Å². The maximum atomic E-state index is 4.26.